The highest BCUT2D eigenvalue weighted by molar-refractivity contribution is 5.79. The van der Waals surface area contributed by atoms with E-state index in [1.165, 1.54) is 0 Å². The molecule has 7 heteroatoms. The van der Waals surface area contributed by atoms with Crippen LogP contribution in [0.3, 0.4) is 0 Å². The third kappa shape index (κ3) is 7.65. The molecule has 2 N–H and O–H groups in total. The highest BCUT2D eigenvalue weighted by Crippen LogP contribution is 2.39. The van der Waals surface area contributed by atoms with E-state index < -0.39 is 0 Å². The first-order valence-corrected chi connectivity index (χ1v) is 10.4. The minimum absolute atomic E-state index is 0.475. The molecule has 7 nitrogen and oxygen atoms in total. The van der Waals surface area contributed by atoms with Crippen molar-refractivity contribution in [2.45, 2.75) is 59.7 Å². The van der Waals surface area contributed by atoms with Crippen LogP contribution in [-0.2, 0) is 6.54 Å². The number of hydrogen-bond donors (Lipinski definition) is 2. The predicted molar refractivity (Wildman–Crippen MR) is 121 cm³/mol. The van der Waals surface area contributed by atoms with E-state index in [4.69, 9.17) is 19.2 Å². The van der Waals surface area contributed by atoms with Gasteiger partial charge in [0.25, 0.3) is 0 Å². The van der Waals surface area contributed by atoms with Crippen LogP contribution in [0.4, 0.5) is 0 Å². The van der Waals surface area contributed by atoms with E-state index in [9.17, 15) is 0 Å². The smallest absolute Gasteiger partial charge is 0.203 e. The second kappa shape index (κ2) is 13.1. The molecule has 1 aromatic carbocycles. The fraction of sp³-hybridized carbons (Fsp3) is 0.682. The van der Waals surface area contributed by atoms with E-state index in [1.54, 1.807) is 21.3 Å². The van der Waals surface area contributed by atoms with Gasteiger partial charge in [0.15, 0.2) is 17.5 Å². The molecule has 0 saturated carbocycles. The average Bonchev–Trinajstić information content (AvgIpc) is 2.70. The van der Waals surface area contributed by atoms with Crippen molar-refractivity contribution in [3.8, 4) is 17.2 Å². The second-order valence-corrected chi connectivity index (χ2v) is 7.39. The van der Waals surface area contributed by atoms with Crippen LogP contribution < -0.4 is 24.8 Å². The summed E-state index contributed by atoms with van der Waals surface area (Å²) in [6.45, 7) is 14.3. The zero-order valence-corrected chi connectivity index (χ0v) is 19.5. The van der Waals surface area contributed by atoms with Gasteiger partial charge < -0.3 is 24.8 Å². The zero-order valence-electron chi connectivity index (χ0n) is 19.5. The Balaban J connectivity index is 2.77. The Morgan fingerprint density at radius 3 is 2.14 bits per heavy atom. The SMILES string of the molecule is CCNC(=NCc1ccc(OC)c(OC)c1OC)NCCCN(C(C)C)C(C)C. The molecule has 0 amide bonds. The van der Waals surface area contributed by atoms with E-state index in [-0.39, 0.29) is 0 Å². The van der Waals surface area contributed by atoms with Gasteiger partial charge in [0.1, 0.15) is 0 Å². The van der Waals surface area contributed by atoms with E-state index in [2.05, 4.69) is 50.2 Å². The number of hydrogen-bond acceptors (Lipinski definition) is 5. The summed E-state index contributed by atoms with van der Waals surface area (Å²) in [6.07, 6.45) is 1.06. The van der Waals surface area contributed by atoms with Crippen molar-refractivity contribution in [1.82, 2.24) is 15.5 Å². The summed E-state index contributed by atoms with van der Waals surface area (Å²) in [5, 5.41) is 6.73. The maximum absolute atomic E-state index is 5.55. The van der Waals surface area contributed by atoms with E-state index in [0.717, 1.165) is 37.6 Å². The molecule has 1 aromatic rings. The molecule has 0 radical (unpaired) electrons. The molecule has 29 heavy (non-hydrogen) atoms. The first kappa shape index (κ1) is 24.9. The van der Waals surface area contributed by atoms with Crippen LogP contribution in [0.15, 0.2) is 17.1 Å². The average molecular weight is 409 g/mol. The second-order valence-electron chi connectivity index (χ2n) is 7.39. The molecule has 0 aliphatic rings. The summed E-state index contributed by atoms with van der Waals surface area (Å²) >= 11 is 0. The third-order valence-electron chi connectivity index (χ3n) is 4.75. The van der Waals surface area contributed by atoms with Gasteiger partial charge in [0.05, 0.1) is 27.9 Å². The quantitative estimate of drug-likeness (QED) is 0.314. The van der Waals surface area contributed by atoms with E-state index in [1.807, 2.05) is 12.1 Å². The number of rotatable bonds is 12. The Bertz CT molecular complexity index is 625. The van der Waals surface area contributed by atoms with E-state index in [0.29, 0.717) is 35.9 Å². The van der Waals surface area contributed by atoms with Gasteiger partial charge in [-0.3, -0.25) is 4.90 Å². The number of methoxy groups -OCH3 is 3. The Labute approximate surface area is 176 Å². The fourth-order valence-electron chi connectivity index (χ4n) is 3.37. The van der Waals surface area contributed by atoms with Crippen LogP contribution in [0.5, 0.6) is 17.2 Å². The van der Waals surface area contributed by atoms with Crippen molar-refractivity contribution in [1.29, 1.82) is 0 Å². The lowest BCUT2D eigenvalue weighted by Crippen LogP contribution is -2.41. The molecule has 0 fully saturated rings. The maximum atomic E-state index is 5.55. The zero-order chi connectivity index (χ0) is 21.8. The first-order chi connectivity index (χ1) is 13.9. The molecular formula is C22H40N4O3. The number of guanidine groups is 1. The predicted octanol–water partition coefficient (Wildman–Crippen LogP) is 3.28. The summed E-state index contributed by atoms with van der Waals surface area (Å²) < 4.78 is 16.4. The lowest BCUT2D eigenvalue weighted by molar-refractivity contribution is 0.173. The minimum atomic E-state index is 0.475. The fourth-order valence-corrected chi connectivity index (χ4v) is 3.37. The van der Waals surface area contributed by atoms with Crippen molar-refractivity contribution >= 4 is 5.96 Å². The molecule has 1 rings (SSSR count). The lowest BCUT2D eigenvalue weighted by atomic mass is 10.1. The third-order valence-corrected chi connectivity index (χ3v) is 4.75. The van der Waals surface area contributed by atoms with Crippen LogP contribution in [0.25, 0.3) is 0 Å². The van der Waals surface area contributed by atoms with Crippen LogP contribution >= 0.6 is 0 Å². The Morgan fingerprint density at radius 1 is 0.966 bits per heavy atom. The molecule has 0 heterocycles. The molecule has 0 saturated heterocycles. The highest BCUT2D eigenvalue weighted by Gasteiger charge is 2.16. The topological polar surface area (TPSA) is 67.4 Å². The summed E-state index contributed by atoms with van der Waals surface area (Å²) in [7, 11) is 4.85. The number of aliphatic imine (C=N–C) groups is 1. The molecule has 0 bridgehead atoms. The van der Waals surface area contributed by atoms with Crippen molar-refractivity contribution in [2.24, 2.45) is 4.99 Å². The molecule has 0 aliphatic heterocycles. The number of nitrogens with one attached hydrogen (secondary N) is 2. The molecule has 0 aliphatic carbocycles. The largest absolute Gasteiger partial charge is 0.493 e. The van der Waals surface area contributed by atoms with E-state index >= 15 is 0 Å². The monoisotopic (exact) mass is 408 g/mol. The normalized spacial score (nSPS) is 11.9. The van der Waals surface area contributed by atoms with Crippen LogP contribution in [0, 0.1) is 0 Å². The summed E-state index contributed by atoms with van der Waals surface area (Å²) in [5.41, 5.74) is 0.938. The summed E-state index contributed by atoms with van der Waals surface area (Å²) in [5.74, 6) is 2.67. The van der Waals surface area contributed by atoms with Crippen LogP contribution in [0.2, 0.25) is 0 Å². The van der Waals surface area contributed by atoms with Gasteiger partial charge in [0.2, 0.25) is 5.75 Å². The highest BCUT2D eigenvalue weighted by atomic mass is 16.5. The van der Waals surface area contributed by atoms with Gasteiger partial charge in [-0.2, -0.15) is 0 Å². The molecule has 166 valence electrons. The van der Waals surface area contributed by atoms with Crippen molar-refractivity contribution in [2.75, 3.05) is 41.0 Å². The van der Waals surface area contributed by atoms with Crippen LogP contribution in [0.1, 0.15) is 46.6 Å². The molecular weight excluding hydrogens is 368 g/mol. The van der Waals surface area contributed by atoms with Crippen molar-refractivity contribution in [3.63, 3.8) is 0 Å². The molecule has 0 atom stereocenters. The standard InChI is InChI=1S/C22H40N4O3/c1-9-23-22(24-13-10-14-26(16(2)3)17(4)5)25-15-18-11-12-19(27-6)21(29-8)20(18)28-7/h11-12,16-17H,9-10,13-15H2,1-8H3,(H2,23,24,25). The van der Waals surface area contributed by atoms with Gasteiger partial charge in [-0.05, 0) is 53.2 Å². The lowest BCUT2D eigenvalue weighted by Gasteiger charge is -2.30. The summed E-state index contributed by atoms with van der Waals surface area (Å²) in [4.78, 5) is 7.21. The Kier molecular flexibility index (Phi) is 11.3. The molecule has 0 spiro atoms. The molecule has 0 aromatic heterocycles. The van der Waals surface area contributed by atoms with Crippen LogP contribution in [-0.4, -0.2) is 63.9 Å². The number of ether oxygens (including phenoxy) is 3. The summed E-state index contributed by atoms with van der Waals surface area (Å²) in [6, 6.07) is 4.93. The molecule has 0 unspecified atom stereocenters. The van der Waals surface area contributed by atoms with Gasteiger partial charge in [-0.1, -0.05) is 0 Å². The van der Waals surface area contributed by atoms with Crippen molar-refractivity contribution < 1.29 is 14.2 Å². The maximum Gasteiger partial charge on any atom is 0.203 e. The Morgan fingerprint density at radius 2 is 1.62 bits per heavy atom. The van der Waals surface area contributed by atoms with Gasteiger partial charge in [-0.25, -0.2) is 4.99 Å². The number of nitrogens with zero attached hydrogens (tertiary/aromatic N) is 2. The van der Waals surface area contributed by atoms with Gasteiger partial charge in [0, 0.05) is 37.3 Å². The number of benzene rings is 1. The van der Waals surface area contributed by atoms with Crippen molar-refractivity contribution in [3.05, 3.63) is 17.7 Å². The Hall–Kier alpha value is -2.15. The van der Waals surface area contributed by atoms with Gasteiger partial charge >= 0.3 is 0 Å². The van der Waals surface area contributed by atoms with Gasteiger partial charge in [-0.15, -0.1) is 0 Å². The minimum Gasteiger partial charge on any atom is -0.493 e. The first-order valence-electron chi connectivity index (χ1n) is 10.4.